The number of fused-ring (bicyclic) bond motifs is 1. The van der Waals surface area contributed by atoms with Crippen molar-refractivity contribution >= 4 is 50.4 Å². The molecule has 0 bridgehead atoms. The van der Waals surface area contributed by atoms with Crippen molar-refractivity contribution in [3.63, 3.8) is 0 Å². The highest BCUT2D eigenvalue weighted by atomic mass is 32.3. The molecule has 0 spiro atoms. The normalized spacial score (nSPS) is 20.1. The summed E-state index contributed by atoms with van der Waals surface area (Å²) in [5, 5.41) is 18.4. The average molecular weight is 721 g/mol. The molecule has 18 nitrogen and oxygen atoms in total. The van der Waals surface area contributed by atoms with E-state index in [1.165, 1.54) is 26.2 Å². The van der Waals surface area contributed by atoms with Gasteiger partial charge in [0, 0.05) is 5.38 Å². The smallest absolute Gasteiger partial charge is 0.354 e. The predicted molar refractivity (Wildman–Crippen MR) is 171 cm³/mol. The molecule has 3 aromatic rings. The first-order chi connectivity index (χ1) is 22.9. The van der Waals surface area contributed by atoms with E-state index in [4.69, 9.17) is 21.0 Å². The van der Waals surface area contributed by atoms with Gasteiger partial charge in [0.2, 0.25) is 16.6 Å². The lowest BCUT2D eigenvalue weighted by Gasteiger charge is -2.51. The molecule has 3 unspecified atom stereocenters. The number of benzene rings is 1. The monoisotopic (exact) mass is 720 g/mol. The quantitative estimate of drug-likeness (QED) is 0.0447. The first-order valence-corrected chi connectivity index (χ1v) is 17.2. The standard InChI is InChI=1S/C29H36N8O10S2/c1-28(2)23(25(39)37(28)47-49(42,43)44)33-24(38)22(19-15-48-27(31)32-19)34-46-29(3,26(40)41)21-9-7-17-12-16(6-8-20(17)45-21)18-13-35(4)36(14-18)11-5-10-30/h6,8,12-15,21,23H,5,7,9-11,30H2,1-4H3,(H4-,31,32,33,38,40,41,42,43,44)/b34-22-. The van der Waals surface area contributed by atoms with Gasteiger partial charge in [0.05, 0.1) is 23.8 Å². The van der Waals surface area contributed by atoms with Gasteiger partial charge in [-0.3, -0.25) is 9.59 Å². The number of nitrogens with two attached hydrogens (primary N) is 2. The molecule has 1 aromatic carbocycles. The molecule has 1 saturated heterocycles. The number of rotatable bonds is 13. The van der Waals surface area contributed by atoms with Crippen molar-refractivity contribution in [1.29, 1.82) is 0 Å². The molecule has 2 aliphatic heterocycles. The van der Waals surface area contributed by atoms with Gasteiger partial charge in [-0.2, -0.15) is 14.0 Å². The zero-order chi connectivity index (χ0) is 35.9. The molecule has 0 radical (unpaired) electrons. The van der Waals surface area contributed by atoms with Crippen molar-refractivity contribution in [1.82, 2.24) is 20.0 Å². The third-order valence-electron chi connectivity index (χ3n) is 8.41. The summed E-state index contributed by atoms with van der Waals surface area (Å²) in [6.07, 6.45) is 4.52. The number of nitrogens with one attached hydrogen (secondary N) is 1. The van der Waals surface area contributed by atoms with E-state index < -0.39 is 57.2 Å². The van der Waals surface area contributed by atoms with Crippen LogP contribution in [0.3, 0.4) is 0 Å². The third kappa shape index (κ3) is 7.22. The average Bonchev–Trinajstić information content (AvgIpc) is 3.64. The number of hydrogen-bond acceptors (Lipinski definition) is 14. The number of carbonyl (C=O) groups is 3. The van der Waals surface area contributed by atoms with Crippen LogP contribution in [0.2, 0.25) is 0 Å². The van der Waals surface area contributed by atoms with Gasteiger partial charge in [-0.15, -0.1) is 16.0 Å². The Bertz CT molecular complexity index is 1920. The Hall–Kier alpha value is -4.63. The molecule has 0 aliphatic carbocycles. The van der Waals surface area contributed by atoms with E-state index in [1.807, 2.05) is 36.3 Å². The highest BCUT2D eigenvalue weighted by Crippen LogP contribution is 2.37. The number of hydrogen-bond donors (Lipinski definition) is 4. The number of aryl methyl sites for hydroxylation is 3. The lowest BCUT2D eigenvalue weighted by atomic mass is 9.84. The Morgan fingerprint density at radius 2 is 2.08 bits per heavy atom. The summed E-state index contributed by atoms with van der Waals surface area (Å²) in [7, 11) is -3.33. The fourth-order valence-electron chi connectivity index (χ4n) is 5.53. The number of nitrogens with zero attached hydrogens (tertiary/aromatic N) is 5. The molecule has 2 aliphatic rings. The summed E-state index contributed by atoms with van der Waals surface area (Å²) < 4.78 is 47.6. The minimum Gasteiger partial charge on any atom is -0.724 e. The number of thiazole rings is 1. The van der Waals surface area contributed by atoms with Gasteiger partial charge < -0.3 is 36.0 Å². The van der Waals surface area contributed by atoms with E-state index in [-0.39, 0.29) is 17.2 Å². The second kappa shape index (κ2) is 13.3. The maximum atomic E-state index is 13.5. The number of anilines is 1. The number of carbonyl (C=O) groups excluding carboxylic acids is 2. The maximum Gasteiger partial charge on any atom is 0.354 e. The van der Waals surface area contributed by atoms with E-state index in [0.29, 0.717) is 23.8 Å². The molecular weight excluding hydrogens is 684 g/mol. The lowest BCUT2D eigenvalue weighted by molar-refractivity contribution is -0.753. The van der Waals surface area contributed by atoms with Gasteiger partial charge >= 0.3 is 5.97 Å². The van der Waals surface area contributed by atoms with E-state index in [9.17, 15) is 32.5 Å². The topological polar surface area (TPSA) is 258 Å². The van der Waals surface area contributed by atoms with E-state index in [2.05, 4.69) is 24.4 Å². The minimum absolute atomic E-state index is 0.0595. The molecule has 0 saturated carbocycles. The van der Waals surface area contributed by atoms with E-state index >= 15 is 0 Å². The molecule has 4 heterocycles. The van der Waals surface area contributed by atoms with Crippen molar-refractivity contribution in [2.45, 2.75) is 69.9 Å². The van der Waals surface area contributed by atoms with Gasteiger partial charge in [-0.05, 0) is 69.8 Å². The first-order valence-electron chi connectivity index (χ1n) is 15.0. The van der Waals surface area contributed by atoms with Gasteiger partial charge in [-0.1, -0.05) is 11.2 Å². The van der Waals surface area contributed by atoms with Crippen molar-refractivity contribution in [2.75, 3.05) is 12.3 Å². The van der Waals surface area contributed by atoms with Crippen LogP contribution in [0.4, 0.5) is 5.13 Å². The fourth-order valence-corrected chi connectivity index (χ4v) is 6.53. The number of amides is 2. The van der Waals surface area contributed by atoms with Gasteiger partial charge in [0.25, 0.3) is 17.4 Å². The third-order valence-corrected chi connectivity index (χ3v) is 9.42. The van der Waals surface area contributed by atoms with E-state index in [1.54, 1.807) is 6.07 Å². The molecule has 5 rings (SSSR count). The summed E-state index contributed by atoms with van der Waals surface area (Å²) in [5.74, 6) is -3.01. The lowest BCUT2D eigenvalue weighted by Crippen LogP contribution is -2.76. The zero-order valence-corrected chi connectivity index (χ0v) is 28.6. The number of β-lactam (4-membered cyclic amide) rings is 1. The van der Waals surface area contributed by atoms with Crippen LogP contribution >= 0.6 is 11.3 Å². The predicted octanol–water partition coefficient (Wildman–Crippen LogP) is -0.178. The Morgan fingerprint density at radius 1 is 1.35 bits per heavy atom. The van der Waals surface area contributed by atoms with Crippen molar-refractivity contribution in [3.05, 3.63) is 47.2 Å². The number of aliphatic carboxylic acids is 1. The second-order valence-corrected chi connectivity index (χ2v) is 14.1. The molecule has 3 atom stereocenters. The summed E-state index contributed by atoms with van der Waals surface area (Å²) >= 11 is 0.966. The number of carboxylic acids is 1. The van der Waals surface area contributed by atoms with Crippen LogP contribution in [0.5, 0.6) is 5.75 Å². The van der Waals surface area contributed by atoms with Crippen molar-refractivity contribution in [2.24, 2.45) is 17.9 Å². The van der Waals surface area contributed by atoms with Crippen molar-refractivity contribution in [3.8, 4) is 16.9 Å². The number of carboxylic acid groups (broad SMARTS) is 1. The van der Waals surface area contributed by atoms with Crippen LogP contribution in [0.15, 0.2) is 41.1 Å². The highest BCUT2D eigenvalue weighted by molar-refractivity contribution is 7.80. The summed E-state index contributed by atoms with van der Waals surface area (Å²) in [6, 6.07) is 4.27. The van der Waals surface area contributed by atoms with Crippen molar-refractivity contribution < 1.29 is 51.0 Å². The summed E-state index contributed by atoms with van der Waals surface area (Å²) in [6.45, 7) is 5.31. The molecular formula is C29H36N8O10S2. The number of ether oxygens (including phenoxy) is 1. The van der Waals surface area contributed by atoms with Crippen LogP contribution in [0.25, 0.3) is 11.1 Å². The molecule has 6 N–H and O–H groups in total. The maximum absolute atomic E-state index is 13.5. The van der Waals surface area contributed by atoms with Gasteiger partial charge in [0.1, 0.15) is 17.5 Å². The Labute approximate surface area is 285 Å². The fraction of sp³-hybridized carbons (Fsp3) is 0.448. The summed E-state index contributed by atoms with van der Waals surface area (Å²) in [4.78, 5) is 48.4. The van der Waals surface area contributed by atoms with Crippen LogP contribution in [-0.4, -0.2) is 86.1 Å². The largest absolute Gasteiger partial charge is 0.724 e. The molecule has 2 amide bonds. The molecule has 264 valence electrons. The van der Waals surface area contributed by atoms with E-state index in [0.717, 1.165) is 41.0 Å². The Morgan fingerprint density at radius 3 is 2.69 bits per heavy atom. The number of oxime groups is 1. The number of aromatic nitrogens is 3. The Kier molecular flexibility index (Phi) is 9.72. The van der Waals surface area contributed by atoms with Crippen LogP contribution in [0, 0.1) is 0 Å². The molecule has 2 aromatic heterocycles. The second-order valence-electron chi connectivity index (χ2n) is 12.3. The van der Waals surface area contributed by atoms with Crippen LogP contribution < -0.4 is 26.2 Å². The van der Waals surface area contributed by atoms with Crippen LogP contribution in [-0.2, 0) is 53.9 Å². The molecule has 49 heavy (non-hydrogen) atoms. The highest BCUT2D eigenvalue weighted by Gasteiger charge is 2.57. The first kappa shape index (κ1) is 35.7. The Balaban J connectivity index is 1.36. The molecule has 20 heteroatoms. The number of hydroxylamine groups is 2. The SMILES string of the molecule is C[n+]1cc(-c2ccc3c(c2)CCC(C(C)(O/N=C(\C(=O)NC2C(=O)N(OS(=O)(=O)[O-])C2(C)C)c2csc(N)n2)C(=O)O)O3)cn1CCCN. The van der Waals surface area contributed by atoms with Crippen LogP contribution in [0.1, 0.15) is 44.9 Å². The summed E-state index contributed by atoms with van der Waals surface area (Å²) in [5.41, 5.74) is 10.1. The number of nitrogen functional groups attached to an aromatic ring is 1. The van der Waals surface area contributed by atoms with Gasteiger partial charge in [0.15, 0.2) is 24.0 Å². The zero-order valence-electron chi connectivity index (χ0n) is 27.0. The van der Waals surface area contributed by atoms with Gasteiger partial charge in [-0.25, -0.2) is 18.2 Å². The molecule has 1 fully saturated rings. The minimum atomic E-state index is -5.27.